The number of sulfonamides is 1. The maximum Gasteiger partial charge on any atom is 0.236 e. The van der Waals surface area contributed by atoms with Crippen molar-refractivity contribution in [3.63, 3.8) is 0 Å². The van der Waals surface area contributed by atoms with Crippen molar-refractivity contribution in [3.8, 4) is 0 Å². The number of nitrogens with zero attached hydrogens (tertiary/aromatic N) is 1. The van der Waals surface area contributed by atoms with Crippen LogP contribution in [0.1, 0.15) is 24.5 Å². The van der Waals surface area contributed by atoms with Crippen molar-refractivity contribution in [2.24, 2.45) is 0 Å². The minimum Gasteiger partial charge on any atom is -0.388 e. The summed E-state index contributed by atoms with van der Waals surface area (Å²) < 4.78 is 48.5. The van der Waals surface area contributed by atoms with Crippen molar-refractivity contribution in [1.82, 2.24) is 0 Å². The van der Waals surface area contributed by atoms with Crippen LogP contribution in [0.15, 0.2) is 24.3 Å². The van der Waals surface area contributed by atoms with Crippen LogP contribution in [0, 0.1) is 0 Å². The average Bonchev–Trinajstić information content (AvgIpc) is 2.56. The minimum atomic E-state index is -3.73. The van der Waals surface area contributed by atoms with Crippen molar-refractivity contribution in [2.45, 2.75) is 18.9 Å². The number of sulfone groups is 1. The molecule has 1 aromatic carbocycles. The summed E-state index contributed by atoms with van der Waals surface area (Å²) in [5.41, 5.74) is 1.01. The Morgan fingerprint density at radius 1 is 1.19 bits per heavy atom. The molecule has 0 radical (unpaired) electrons. The SMILES string of the molecule is CS(=O)(=O)CCS(=O)(=O)N1CCCC(O)c2ccccc21. The zero-order valence-electron chi connectivity index (χ0n) is 11.8. The highest BCUT2D eigenvalue weighted by atomic mass is 32.2. The van der Waals surface area contributed by atoms with Gasteiger partial charge in [0.2, 0.25) is 10.0 Å². The van der Waals surface area contributed by atoms with E-state index in [2.05, 4.69) is 0 Å². The third kappa shape index (κ3) is 3.96. The topological polar surface area (TPSA) is 91.8 Å². The van der Waals surface area contributed by atoms with E-state index in [1.165, 1.54) is 4.31 Å². The summed E-state index contributed by atoms with van der Waals surface area (Å²) >= 11 is 0. The van der Waals surface area contributed by atoms with Gasteiger partial charge in [-0.05, 0) is 18.9 Å². The Morgan fingerprint density at radius 3 is 2.52 bits per heavy atom. The molecule has 0 aromatic heterocycles. The minimum absolute atomic E-state index is 0.250. The van der Waals surface area contributed by atoms with Crippen LogP contribution in [0.25, 0.3) is 0 Å². The molecule has 0 fully saturated rings. The quantitative estimate of drug-likeness (QED) is 0.875. The molecular formula is C13H19NO5S2. The van der Waals surface area contributed by atoms with Crippen molar-refractivity contribution >= 4 is 25.5 Å². The van der Waals surface area contributed by atoms with Crippen LogP contribution in [0.5, 0.6) is 0 Å². The molecule has 0 spiro atoms. The van der Waals surface area contributed by atoms with Crippen LogP contribution >= 0.6 is 0 Å². The van der Waals surface area contributed by atoms with Crippen LogP contribution < -0.4 is 4.31 Å². The van der Waals surface area contributed by atoms with Gasteiger partial charge in [0.15, 0.2) is 0 Å². The zero-order valence-corrected chi connectivity index (χ0v) is 13.4. The van der Waals surface area contributed by atoms with Crippen molar-refractivity contribution in [3.05, 3.63) is 29.8 Å². The average molecular weight is 333 g/mol. The Balaban J connectivity index is 2.36. The lowest BCUT2D eigenvalue weighted by Crippen LogP contribution is -2.35. The summed E-state index contributed by atoms with van der Waals surface area (Å²) in [6.45, 7) is 0.250. The van der Waals surface area contributed by atoms with Gasteiger partial charge in [0.1, 0.15) is 9.84 Å². The predicted octanol–water partition coefficient (Wildman–Crippen LogP) is 0.695. The molecule has 8 heteroatoms. The number of fused-ring (bicyclic) bond motifs is 1. The molecule has 2 rings (SSSR count). The van der Waals surface area contributed by atoms with Gasteiger partial charge in [-0.1, -0.05) is 18.2 Å². The lowest BCUT2D eigenvalue weighted by atomic mass is 10.1. The largest absolute Gasteiger partial charge is 0.388 e. The van der Waals surface area contributed by atoms with Crippen molar-refractivity contribution in [1.29, 1.82) is 0 Å². The fourth-order valence-electron chi connectivity index (χ4n) is 2.36. The maximum absolute atomic E-state index is 12.4. The first-order valence-corrected chi connectivity index (χ1v) is 10.3. The Hall–Kier alpha value is -1.12. The Bertz CT molecular complexity index is 712. The molecule has 1 aromatic rings. The third-order valence-corrected chi connectivity index (χ3v) is 6.43. The van der Waals surface area contributed by atoms with Gasteiger partial charge in [-0.2, -0.15) is 0 Å². The molecular weight excluding hydrogens is 314 g/mol. The number of anilines is 1. The van der Waals surface area contributed by atoms with Crippen molar-refractivity contribution < 1.29 is 21.9 Å². The number of hydrogen-bond donors (Lipinski definition) is 1. The third-order valence-electron chi connectivity index (χ3n) is 3.45. The number of aliphatic hydroxyl groups excluding tert-OH is 1. The number of rotatable bonds is 4. The summed E-state index contributed by atoms with van der Waals surface area (Å²) in [5.74, 6) is -0.854. The van der Waals surface area contributed by atoms with Gasteiger partial charge in [-0.3, -0.25) is 4.31 Å². The van der Waals surface area contributed by atoms with Crippen molar-refractivity contribution in [2.75, 3.05) is 28.6 Å². The number of para-hydroxylation sites is 1. The molecule has 0 bridgehead atoms. The summed E-state index contributed by atoms with van der Waals surface area (Å²) in [4.78, 5) is 0. The molecule has 118 valence electrons. The highest BCUT2D eigenvalue weighted by molar-refractivity contribution is 7.95. The molecule has 21 heavy (non-hydrogen) atoms. The second-order valence-corrected chi connectivity index (χ2v) is 9.51. The highest BCUT2D eigenvalue weighted by Gasteiger charge is 2.29. The van der Waals surface area contributed by atoms with Crippen LogP contribution in [-0.4, -0.2) is 46.2 Å². The summed E-state index contributed by atoms with van der Waals surface area (Å²) in [6, 6.07) is 6.79. The van der Waals surface area contributed by atoms with Gasteiger partial charge in [-0.25, -0.2) is 16.8 Å². The summed E-state index contributed by atoms with van der Waals surface area (Å²) in [6.07, 6.45) is 1.32. The first-order chi connectivity index (χ1) is 9.71. The fourth-order valence-corrected chi connectivity index (χ4v) is 5.50. The molecule has 1 unspecified atom stereocenters. The van der Waals surface area contributed by atoms with E-state index in [1.807, 2.05) is 0 Å². The highest BCUT2D eigenvalue weighted by Crippen LogP contribution is 2.34. The smallest absolute Gasteiger partial charge is 0.236 e. The van der Waals surface area contributed by atoms with E-state index in [-0.39, 0.29) is 6.54 Å². The van der Waals surface area contributed by atoms with E-state index in [1.54, 1.807) is 24.3 Å². The zero-order chi connectivity index (χ0) is 15.7. The lowest BCUT2D eigenvalue weighted by Gasteiger charge is -2.24. The molecule has 1 N–H and O–H groups in total. The number of hydrogen-bond acceptors (Lipinski definition) is 5. The second-order valence-electron chi connectivity index (χ2n) is 5.23. The second kappa shape index (κ2) is 5.94. The lowest BCUT2D eigenvalue weighted by molar-refractivity contribution is 0.168. The number of benzene rings is 1. The van der Waals surface area contributed by atoms with Crippen LogP contribution in [0.4, 0.5) is 5.69 Å². The van der Waals surface area contributed by atoms with Gasteiger partial charge in [0.25, 0.3) is 0 Å². The Kier molecular flexibility index (Phi) is 4.60. The van der Waals surface area contributed by atoms with Crippen LogP contribution in [-0.2, 0) is 19.9 Å². The van der Waals surface area contributed by atoms with Crippen LogP contribution in [0.3, 0.4) is 0 Å². The van der Waals surface area contributed by atoms with Gasteiger partial charge >= 0.3 is 0 Å². The van der Waals surface area contributed by atoms with E-state index in [4.69, 9.17) is 0 Å². The van der Waals surface area contributed by atoms with E-state index >= 15 is 0 Å². The van der Waals surface area contributed by atoms with E-state index in [0.717, 1.165) is 6.26 Å². The monoisotopic (exact) mass is 333 g/mol. The molecule has 1 aliphatic rings. The normalized spacial score (nSPS) is 19.9. The molecule has 0 saturated carbocycles. The van der Waals surface area contributed by atoms with Gasteiger partial charge in [0.05, 0.1) is 23.3 Å². The maximum atomic E-state index is 12.4. The van der Waals surface area contributed by atoms with Gasteiger partial charge in [-0.15, -0.1) is 0 Å². The summed E-state index contributed by atoms with van der Waals surface area (Å²) in [7, 11) is -7.08. The molecule has 1 atom stereocenters. The number of aliphatic hydroxyl groups is 1. The van der Waals surface area contributed by atoms with Gasteiger partial charge in [0, 0.05) is 18.4 Å². The fraction of sp³-hybridized carbons (Fsp3) is 0.538. The van der Waals surface area contributed by atoms with E-state index in [9.17, 15) is 21.9 Å². The Labute approximate surface area is 125 Å². The molecule has 1 aliphatic heterocycles. The molecule has 6 nitrogen and oxygen atoms in total. The molecule has 0 saturated heterocycles. The molecule has 1 heterocycles. The summed E-state index contributed by atoms with van der Waals surface area (Å²) in [5, 5.41) is 10.1. The van der Waals surface area contributed by atoms with E-state index < -0.39 is 37.5 Å². The van der Waals surface area contributed by atoms with Gasteiger partial charge < -0.3 is 5.11 Å². The van der Waals surface area contributed by atoms with E-state index in [0.29, 0.717) is 24.1 Å². The first-order valence-electron chi connectivity index (χ1n) is 6.66. The Morgan fingerprint density at radius 2 is 1.86 bits per heavy atom. The molecule has 0 amide bonds. The standard InChI is InChI=1S/C13H19NO5S2/c1-20(16,17)9-10-21(18,19)14-8-4-7-13(15)11-5-2-3-6-12(11)14/h2-3,5-6,13,15H,4,7-10H2,1H3. The predicted molar refractivity (Wildman–Crippen MR) is 81.5 cm³/mol. The first kappa shape index (κ1) is 16.3. The molecule has 0 aliphatic carbocycles. The van der Waals surface area contributed by atoms with Crippen LogP contribution in [0.2, 0.25) is 0 Å².